The third kappa shape index (κ3) is 3.21. The van der Waals surface area contributed by atoms with Crippen LogP contribution in [0.25, 0.3) is 0 Å². The van der Waals surface area contributed by atoms with Gasteiger partial charge in [-0.3, -0.25) is 0 Å². The SMILES string of the molecule is CN1CCC(OC(=O)C(C)(F)F)CC1. The van der Waals surface area contributed by atoms with Crippen molar-refractivity contribution in [3.05, 3.63) is 0 Å². The van der Waals surface area contributed by atoms with E-state index in [0.29, 0.717) is 19.8 Å². The summed E-state index contributed by atoms with van der Waals surface area (Å²) >= 11 is 0. The highest BCUT2D eigenvalue weighted by molar-refractivity contribution is 5.77. The summed E-state index contributed by atoms with van der Waals surface area (Å²) in [5.74, 6) is -4.78. The van der Waals surface area contributed by atoms with E-state index in [1.165, 1.54) is 0 Å². The average Bonchev–Trinajstić information content (AvgIpc) is 2.07. The molecule has 0 aromatic carbocycles. The standard InChI is InChI=1S/C9H15F2NO2/c1-9(10,11)8(13)14-7-3-5-12(2)6-4-7/h7H,3-6H2,1-2H3. The average molecular weight is 207 g/mol. The molecule has 0 bridgehead atoms. The Hall–Kier alpha value is -0.710. The molecule has 1 rings (SSSR count). The van der Waals surface area contributed by atoms with Gasteiger partial charge in [-0.1, -0.05) is 0 Å². The van der Waals surface area contributed by atoms with Crippen LogP contribution >= 0.6 is 0 Å². The summed E-state index contributed by atoms with van der Waals surface area (Å²) in [6, 6.07) is 0. The number of esters is 1. The maximum atomic E-state index is 12.5. The molecule has 14 heavy (non-hydrogen) atoms. The zero-order valence-corrected chi connectivity index (χ0v) is 8.43. The summed E-state index contributed by atoms with van der Waals surface area (Å²) in [7, 11) is 1.95. The van der Waals surface area contributed by atoms with Crippen molar-refractivity contribution in [1.29, 1.82) is 0 Å². The van der Waals surface area contributed by atoms with Crippen molar-refractivity contribution in [3.63, 3.8) is 0 Å². The summed E-state index contributed by atoms with van der Waals surface area (Å²) in [6.45, 7) is 2.13. The van der Waals surface area contributed by atoms with Gasteiger partial charge < -0.3 is 9.64 Å². The maximum absolute atomic E-state index is 12.5. The van der Waals surface area contributed by atoms with Crippen molar-refractivity contribution in [2.24, 2.45) is 0 Å². The Morgan fingerprint density at radius 3 is 2.36 bits per heavy atom. The van der Waals surface area contributed by atoms with Crippen LogP contribution in [-0.4, -0.2) is 43.0 Å². The number of hydrogen-bond acceptors (Lipinski definition) is 3. The Labute approximate surface area is 82.0 Å². The normalized spacial score (nSPS) is 20.9. The summed E-state index contributed by atoms with van der Waals surface area (Å²) < 4.78 is 29.6. The molecule has 1 fully saturated rings. The van der Waals surface area contributed by atoms with Crippen molar-refractivity contribution in [1.82, 2.24) is 4.90 Å². The van der Waals surface area contributed by atoms with Crippen LogP contribution in [0.5, 0.6) is 0 Å². The third-order valence-corrected chi connectivity index (χ3v) is 2.30. The summed E-state index contributed by atoms with van der Waals surface area (Å²) in [5, 5.41) is 0. The predicted molar refractivity (Wildman–Crippen MR) is 47.2 cm³/mol. The Kier molecular flexibility index (Phi) is 3.42. The van der Waals surface area contributed by atoms with E-state index < -0.39 is 11.9 Å². The largest absolute Gasteiger partial charge is 0.458 e. The van der Waals surface area contributed by atoms with Crippen LogP contribution in [0, 0.1) is 0 Å². The highest BCUT2D eigenvalue weighted by atomic mass is 19.3. The van der Waals surface area contributed by atoms with Crippen LogP contribution in [0.1, 0.15) is 19.8 Å². The lowest BCUT2D eigenvalue weighted by Crippen LogP contribution is -2.38. The first kappa shape index (κ1) is 11.4. The molecule has 0 atom stereocenters. The molecule has 82 valence electrons. The number of halogens is 2. The molecule has 0 saturated carbocycles. The zero-order valence-electron chi connectivity index (χ0n) is 8.43. The first-order chi connectivity index (χ1) is 6.39. The van der Waals surface area contributed by atoms with E-state index in [1.54, 1.807) is 0 Å². The number of piperidine rings is 1. The Balaban J connectivity index is 2.35. The van der Waals surface area contributed by atoms with Gasteiger partial charge in [-0.05, 0) is 19.9 Å². The molecule has 1 heterocycles. The van der Waals surface area contributed by atoms with Crippen LogP contribution in [0.2, 0.25) is 0 Å². The number of hydrogen-bond donors (Lipinski definition) is 0. The van der Waals surface area contributed by atoms with E-state index in [0.717, 1.165) is 13.1 Å². The van der Waals surface area contributed by atoms with Gasteiger partial charge in [0.1, 0.15) is 6.10 Å². The van der Waals surface area contributed by atoms with Crippen LogP contribution in [0.4, 0.5) is 8.78 Å². The maximum Gasteiger partial charge on any atom is 0.376 e. The molecule has 0 aromatic rings. The third-order valence-electron chi connectivity index (χ3n) is 2.30. The van der Waals surface area contributed by atoms with Crippen molar-refractivity contribution in [2.75, 3.05) is 20.1 Å². The van der Waals surface area contributed by atoms with E-state index in [9.17, 15) is 13.6 Å². The number of likely N-dealkylation sites (tertiary alicyclic amines) is 1. The molecular weight excluding hydrogens is 192 g/mol. The number of nitrogens with zero attached hydrogens (tertiary/aromatic N) is 1. The highest BCUT2D eigenvalue weighted by Gasteiger charge is 2.36. The summed E-state index contributed by atoms with van der Waals surface area (Å²) in [5.41, 5.74) is 0. The lowest BCUT2D eigenvalue weighted by Gasteiger charge is -2.29. The van der Waals surface area contributed by atoms with Gasteiger partial charge >= 0.3 is 11.9 Å². The fourth-order valence-corrected chi connectivity index (χ4v) is 1.36. The minimum absolute atomic E-state index is 0.343. The molecular formula is C9H15F2NO2. The molecule has 3 nitrogen and oxygen atoms in total. The van der Waals surface area contributed by atoms with E-state index in [-0.39, 0.29) is 6.10 Å². The zero-order chi connectivity index (χ0) is 10.8. The van der Waals surface area contributed by atoms with Crippen LogP contribution in [0.3, 0.4) is 0 Å². The lowest BCUT2D eigenvalue weighted by atomic mass is 10.1. The summed E-state index contributed by atoms with van der Waals surface area (Å²) in [4.78, 5) is 12.9. The monoisotopic (exact) mass is 207 g/mol. The molecule has 0 amide bonds. The topological polar surface area (TPSA) is 29.5 Å². The van der Waals surface area contributed by atoms with Gasteiger partial charge in [-0.25, -0.2) is 4.79 Å². The van der Waals surface area contributed by atoms with Gasteiger partial charge in [0.05, 0.1) is 0 Å². The fourth-order valence-electron chi connectivity index (χ4n) is 1.36. The number of alkyl halides is 2. The second kappa shape index (κ2) is 4.21. The molecule has 0 aromatic heterocycles. The summed E-state index contributed by atoms with van der Waals surface area (Å²) in [6.07, 6.45) is 0.931. The lowest BCUT2D eigenvalue weighted by molar-refractivity contribution is -0.176. The first-order valence-electron chi connectivity index (χ1n) is 4.67. The van der Waals surface area contributed by atoms with Crippen molar-refractivity contribution >= 4 is 5.97 Å². The number of ether oxygens (including phenoxy) is 1. The van der Waals surface area contributed by atoms with Gasteiger partial charge in [0.2, 0.25) is 0 Å². The number of carbonyl (C=O) groups is 1. The van der Waals surface area contributed by atoms with Crippen LogP contribution in [0.15, 0.2) is 0 Å². The molecule has 5 heteroatoms. The second-order valence-electron chi connectivity index (χ2n) is 3.80. The molecule has 1 saturated heterocycles. The van der Waals surface area contributed by atoms with Gasteiger partial charge in [0.25, 0.3) is 0 Å². The minimum atomic E-state index is -3.37. The van der Waals surface area contributed by atoms with E-state index in [2.05, 4.69) is 9.64 Å². The van der Waals surface area contributed by atoms with Crippen molar-refractivity contribution < 1.29 is 18.3 Å². The quantitative estimate of drug-likeness (QED) is 0.639. The predicted octanol–water partition coefficient (Wildman–Crippen LogP) is 1.28. The first-order valence-corrected chi connectivity index (χ1v) is 4.67. The molecule has 1 aliphatic heterocycles. The van der Waals surface area contributed by atoms with Gasteiger partial charge in [0.15, 0.2) is 0 Å². The number of rotatable bonds is 2. The molecule has 1 aliphatic rings. The molecule has 0 unspecified atom stereocenters. The van der Waals surface area contributed by atoms with Crippen molar-refractivity contribution in [2.45, 2.75) is 31.8 Å². The number of carbonyl (C=O) groups excluding carboxylic acids is 1. The van der Waals surface area contributed by atoms with Gasteiger partial charge in [0, 0.05) is 20.0 Å². The fraction of sp³-hybridized carbons (Fsp3) is 0.889. The smallest absolute Gasteiger partial charge is 0.376 e. The Morgan fingerprint density at radius 1 is 1.43 bits per heavy atom. The Morgan fingerprint density at radius 2 is 1.93 bits per heavy atom. The Bertz CT molecular complexity index is 207. The molecule has 0 N–H and O–H groups in total. The van der Waals surface area contributed by atoms with E-state index in [4.69, 9.17) is 0 Å². The molecule has 0 radical (unpaired) electrons. The van der Waals surface area contributed by atoms with Crippen LogP contribution < -0.4 is 0 Å². The van der Waals surface area contributed by atoms with E-state index in [1.807, 2.05) is 7.05 Å². The molecule has 0 aliphatic carbocycles. The molecule has 0 spiro atoms. The van der Waals surface area contributed by atoms with Crippen LogP contribution in [-0.2, 0) is 9.53 Å². The van der Waals surface area contributed by atoms with E-state index >= 15 is 0 Å². The second-order valence-corrected chi connectivity index (χ2v) is 3.80. The van der Waals surface area contributed by atoms with Gasteiger partial charge in [-0.15, -0.1) is 0 Å². The minimum Gasteiger partial charge on any atom is -0.458 e. The highest BCUT2D eigenvalue weighted by Crippen LogP contribution is 2.19. The van der Waals surface area contributed by atoms with Crippen molar-refractivity contribution in [3.8, 4) is 0 Å². The van der Waals surface area contributed by atoms with Gasteiger partial charge in [-0.2, -0.15) is 8.78 Å².